The lowest BCUT2D eigenvalue weighted by Gasteiger charge is -1.96. The van der Waals surface area contributed by atoms with Crippen LogP contribution >= 0.6 is 22.6 Å². The zero-order valence-corrected chi connectivity index (χ0v) is 11.0. The van der Waals surface area contributed by atoms with Crippen molar-refractivity contribution in [3.8, 4) is 11.3 Å². The summed E-state index contributed by atoms with van der Waals surface area (Å²) in [6.07, 6.45) is 2.83. The number of nitrogens with two attached hydrogens (primary N) is 1. The first-order valence-electron chi connectivity index (χ1n) is 4.98. The van der Waals surface area contributed by atoms with E-state index in [-0.39, 0.29) is 0 Å². The van der Waals surface area contributed by atoms with Gasteiger partial charge in [-0.1, -0.05) is 12.1 Å². The first-order chi connectivity index (χ1) is 8.15. The Hall–Kier alpha value is -1.56. The molecule has 1 heterocycles. The van der Waals surface area contributed by atoms with Crippen LogP contribution in [0.4, 0.5) is 0 Å². The van der Waals surface area contributed by atoms with E-state index in [1.54, 1.807) is 12.1 Å². The minimum Gasteiger partial charge on any atom is -0.457 e. The van der Waals surface area contributed by atoms with Crippen molar-refractivity contribution >= 4 is 34.6 Å². The van der Waals surface area contributed by atoms with Gasteiger partial charge in [-0.05, 0) is 52.9 Å². The average molecular weight is 339 g/mol. The van der Waals surface area contributed by atoms with Crippen LogP contribution in [0.5, 0.6) is 0 Å². The number of rotatable bonds is 3. The third kappa shape index (κ3) is 3.20. The minimum atomic E-state index is -0.489. The van der Waals surface area contributed by atoms with Crippen molar-refractivity contribution in [2.75, 3.05) is 0 Å². The maximum atomic E-state index is 10.6. The Morgan fingerprint density at radius 1 is 1.18 bits per heavy atom. The van der Waals surface area contributed by atoms with Crippen LogP contribution in [0.25, 0.3) is 17.4 Å². The van der Waals surface area contributed by atoms with Gasteiger partial charge < -0.3 is 10.2 Å². The number of carbonyl (C=O) groups excluding carboxylic acids is 1. The fourth-order valence-electron chi connectivity index (χ4n) is 1.38. The van der Waals surface area contributed by atoms with Crippen molar-refractivity contribution < 1.29 is 9.21 Å². The van der Waals surface area contributed by atoms with E-state index in [0.717, 1.165) is 11.3 Å². The maximum absolute atomic E-state index is 10.6. The van der Waals surface area contributed by atoms with Crippen LogP contribution in [-0.4, -0.2) is 5.91 Å². The van der Waals surface area contributed by atoms with Crippen LogP contribution < -0.4 is 5.73 Å². The summed E-state index contributed by atoms with van der Waals surface area (Å²) in [6, 6.07) is 11.7. The standard InChI is InChI=1S/C13H10INO2/c14-10-3-1-9(2-4-10)12-7-5-11(17-12)6-8-13(15)16/h1-8H,(H2,15,16)/b8-6+. The summed E-state index contributed by atoms with van der Waals surface area (Å²) < 4.78 is 6.74. The summed E-state index contributed by atoms with van der Waals surface area (Å²) in [5, 5.41) is 0. The normalized spacial score (nSPS) is 10.9. The highest BCUT2D eigenvalue weighted by atomic mass is 127. The summed E-state index contributed by atoms with van der Waals surface area (Å²) in [6.45, 7) is 0. The van der Waals surface area contributed by atoms with Gasteiger partial charge in [0.05, 0.1) is 0 Å². The maximum Gasteiger partial charge on any atom is 0.241 e. The zero-order chi connectivity index (χ0) is 12.3. The quantitative estimate of drug-likeness (QED) is 0.690. The molecule has 2 rings (SSSR count). The van der Waals surface area contributed by atoms with E-state index in [4.69, 9.17) is 10.2 Å². The number of benzene rings is 1. The van der Waals surface area contributed by atoms with Crippen molar-refractivity contribution in [3.05, 3.63) is 51.8 Å². The van der Waals surface area contributed by atoms with Crippen molar-refractivity contribution in [1.82, 2.24) is 0 Å². The largest absolute Gasteiger partial charge is 0.457 e. The molecule has 0 aliphatic rings. The van der Waals surface area contributed by atoms with Gasteiger partial charge >= 0.3 is 0 Å². The van der Waals surface area contributed by atoms with Gasteiger partial charge in [0.2, 0.25) is 5.91 Å². The molecule has 86 valence electrons. The number of carbonyl (C=O) groups is 1. The Morgan fingerprint density at radius 2 is 1.88 bits per heavy atom. The number of furan rings is 1. The lowest BCUT2D eigenvalue weighted by atomic mass is 10.2. The number of halogens is 1. The van der Waals surface area contributed by atoms with E-state index in [1.165, 1.54) is 9.65 Å². The van der Waals surface area contributed by atoms with Crippen LogP contribution in [0.1, 0.15) is 5.76 Å². The van der Waals surface area contributed by atoms with Crippen molar-refractivity contribution in [2.45, 2.75) is 0 Å². The minimum absolute atomic E-state index is 0.489. The second kappa shape index (κ2) is 5.18. The number of hydrogen-bond donors (Lipinski definition) is 1. The number of hydrogen-bond acceptors (Lipinski definition) is 2. The number of primary amides is 1. The van der Waals surface area contributed by atoms with E-state index < -0.39 is 5.91 Å². The second-order valence-electron chi connectivity index (χ2n) is 3.44. The van der Waals surface area contributed by atoms with Gasteiger partial charge in [-0.15, -0.1) is 0 Å². The summed E-state index contributed by atoms with van der Waals surface area (Å²) in [5.74, 6) is 0.889. The van der Waals surface area contributed by atoms with Crippen molar-refractivity contribution in [2.24, 2.45) is 5.73 Å². The second-order valence-corrected chi connectivity index (χ2v) is 4.69. The van der Waals surface area contributed by atoms with Gasteiger partial charge in [0.25, 0.3) is 0 Å². The van der Waals surface area contributed by atoms with Gasteiger partial charge in [0, 0.05) is 15.2 Å². The smallest absolute Gasteiger partial charge is 0.241 e. The molecule has 2 aromatic rings. The Kier molecular flexibility index (Phi) is 3.63. The molecule has 0 unspecified atom stereocenters. The van der Waals surface area contributed by atoms with Crippen molar-refractivity contribution in [1.29, 1.82) is 0 Å². The van der Waals surface area contributed by atoms with Crippen LogP contribution in [0.2, 0.25) is 0 Å². The van der Waals surface area contributed by atoms with E-state index in [2.05, 4.69) is 22.6 Å². The van der Waals surface area contributed by atoms with E-state index in [9.17, 15) is 4.79 Å². The van der Waals surface area contributed by atoms with Gasteiger partial charge in [-0.25, -0.2) is 0 Å². The Labute approximate surface area is 112 Å². The number of amides is 1. The fraction of sp³-hybridized carbons (Fsp3) is 0. The van der Waals surface area contributed by atoms with Crippen molar-refractivity contribution in [3.63, 3.8) is 0 Å². The topological polar surface area (TPSA) is 56.2 Å². The van der Waals surface area contributed by atoms with Crippen LogP contribution in [-0.2, 0) is 4.79 Å². The zero-order valence-electron chi connectivity index (χ0n) is 8.89. The van der Waals surface area contributed by atoms with Crippen LogP contribution in [0.15, 0.2) is 46.9 Å². The molecule has 0 fully saturated rings. The van der Waals surface area contributed by atoms with Crippen LogP contribution in [0.3, 0.4) is 0 Å². The van der Waals surface area contributed by atoms with Crippen LogP contribution in [0, 0.1) is 3.57 Å². The summed E-state index contributed by atoms with van der Waals surface area (Å²) in [7, 11) is 0. The van der Waals surface area contributed by atoms with E-state index >= 15 is 0 Å². The first kappa shape index (κ1) is 11.9. The Morgan fingerprint density at radius 3 is 2.53 bits per heavy atom. The first-order valence-corrected chi connectivity index (χ1v) is 6.06. The molecule has 3 nitrogen and oxygen atoms in total. The Bertz CT molecular complexity index is 555. The molecule has 0 aliphatic heterocycles. The molecule has 0 spiro atoms. The van der Waals surface area contributed by atoms with E-state index in [0.29, 0.717) is 5.76 Å². The highest BCUT2D eigenvalue weighted by molar-refractivity contribution is 14.1. The summed E-state index contributed by atoms with van der Waals surface area (Å²) >= 11 is 2.25. The highest BCUT2D eigenvalue weighted by Crippen LogP contribution is 2.23. The third-order valence-electron chi connectivity index (χ3n) is 2.17. The molecule has 1 aromatic carbocycles. The van der Waals surface area contributed by atoms with Gasteiger partial charge in [-0.2, -0.15) is 0 Å². The molecule has 0 saturated heterocycles. The van der Waals surface area contributed by atoms with Gasteiger partial charge in [-0.3, -0.25) is 4.79 Å². The summed E-state index contributed by atoms with van der Waals surface area (Å²) in [5.41, 5.74) is 6.01. The molecule has 4 heteroatoms. The third-order valence-corrected chi connectivity index (χ3v) is 2.89. The molecule has 0 radical (unpaired) electrons. The average Bonchev–Trinajstić information content (AvgIpc) is 2.76. The molecule has 1 amide bonds. The monoisotopic (exact) mass is 339 g/mol. The van der Waals surface area contributed by atoms with Gasteiger partial charge in [0.15, 0.2) is 0 Å². The predicted molar refractivity (Wildman–Crippen MR) is 75.1 cm³/mol. The Balaban J connectivity index is 2.23. The van der Waals surface area contributed by atoms with Gasteiger partial charge in [0.1, 0.15) is 11.5 Å². The molecule has 0 aliphatic carbocycles. The molecule has 2 N–H and O–H groups in total. The molecule has 0 atom stereocenters. The fourth-order valence-corrected chi connectivity index (χ4v) is 1.74. The highest BCUT2D eigenvalue weighted by Gasteiger charge is 2.02. The molecular weight excluding hydrogens is 329 g/mol. The van der Waals surface area contributed by atoms with E-state index in [1.807, 2.05) is 30.3 Å². The predicted octanol–water partition coefficient (Wildman–Crippen LogP) is 3.05. The molecular formula is C13H10INO2. The molecule has 1 aromatic heterocycles. The lowest BCUT2D eigenvalue weighted by molar-refractivity contribution is -0.113. The molecule has 17 heavy (non-hydrogen) atoms. The molecule has 0 bridgehead atoms. The summed E-state index contributed by atoms with van der Waals surface area (Å²) in [4.78, 5) is 10.6. The SMILES string of the molecule is NC(=O)/C=C/c1ccc(-c2ccc(I)cc2)o1. The lowest BCUT2D eigenvalue weighted by Crippen LogP contribution is -2.04. The molecule has 0 saturated carbocycles.